The largest absolute Gasteiger partial charge is 0.354 e. The molecule has 0 fully saturated rings. The Labute approximate surface area is 123 Å². The summed E-state index contributed by atoms with van der Waals surface area (Å²) in [6, 6.07) is 6.61. The summed E-state index contributed by atoms with van der Waals surface area (Å²) >= 11 is 0. The van der Waals surface area contributed by atoms with Gasteiger partial charge in [0.25, 0.3) is 0 Å². The van der Waals surface area contributed by atoms with E-state index in [4.69, 9.17) is 0 Å². The third kappa shape index (κ3) is 4.01. The molecule has 2 aromatic rings. The molecule has 1 aromatic carbocycles. The van der Waals surface area contributed by atoms with Crippen molar-refractivity contribution >= 4 is 17.8 Å². The van der Waals surface area contributed by atoms with Gasteiger partial charge in [-0.25, -0.2) is 4.39 Å². The maximum Gasteiger partial charge on any atom is 0.231 e. The number of aromatic nitrogens is 3. The van der Waals surface area contributed by atoms with Gasteiger partial charge in [-0.05, 0) is 13.0 Å². The zero-order valence-corrected chi connectivity index (χ0v) is 12.4. The van der Waals surface area contributed by atoms with E-state index in [9.17, 15) is 4.39 Å². The van der Waals surface area contributed by atoms with E-state index in [2.05, 4.69) is 25.6 Å². The van der Waals surface area contributed by atoms with Crippen LogP contribution in [0.15, 0.2) is 24.3 Å². The summed E-state index contributed by atoms with van der Waals surface area (Å²) in [5.74, 6) is 1.19. The minimum atomic E-state index is -0.251. The van der Waals surface area contributed by atoms with Crippen LogP contribution in [0.25, 0.3) is 0 Å². The molecule has 112 valence electrons. The van der Waals surface area contributed by atoms with Gasteiger partial charge < -0.3 is 15.5 Å². The maximum atomic E-state index is 13.6. The highest BCUT2D eigenvalue weighted by Crippen LogP contribution is 2.13. The van der Waals surface area contributed by atoms with E-state index in [0.29, 0.717) is 36.5 Å². The second kappa shape index (κ2) is 6.83. The van der Waals surface area contributed by atoms with Gasteiger partial charge in [0, 0.05) is 32.7 Å². The Kier molecular flexibility index (Phi) is 4.86. The fourth-order valence-corrected chi connectivity index (χ4v) is 1.70. The second-order valence-corrected chi connectivity index (χ2v) is 4.65. The van der Waals surface area contributed by atoms with Crippen molar-refractivity contribution in [2.75, 3.05) is 36.2 Å². The van der Waals surface area contributed by atoms with E-state index in [1.54, 1.807) is 23.1 Å². The molecule has 2 N–H and O–H groups in total. The topological polar surface area (TPSA) is 66.0 Å². The molecule has 0 radical (unpaired) electrons. The zero-order valence-electron chi connectivity index (χ0n) is 12.4. The number of halogens is 1. The Morgan fingerprint density at radius 3 is 2.33 bits per heavy atom. The highest BCUT2D eigenvalue weighted by Gasteiger charge is 2.08. The van der Waals surface area contributed by atoms with Crippen molar-refractivity contribution in [2.24, 2.45) is 0 Å². The van der Waals surface area contributed by atoms with Gasteiger partial charge in [0.1, 0.15) is 5.82 Å². The molecule has 0 amide bonds. The quantitative estimate of drug-likeness (QED) is 0.849. The molecule has 1 aromatic heterocycles. The third-order valence-electron chi connectivity index (χ3n) is 2.75. The van der Waals surface area contributed by atoms with Crippen molar-refractivity contribution in [2.45, 2.75) is 13.5 Å². The van der Waals surface area contributed by atoms with Gasteiger partial charge in [-0.3, -0.25) is 0 Å². The fourth-order valence-electron chi connectivity index (χ4n) is 1.70. The number of benzene rings is 1. The molecule has 0 unspecified atom stereocenters. The van der Waals surface area contributed by atoms with Crippen LogP contribution in [0.4, 0.5) is 22.2 Å². The van der Waals surface area contributed by atoms with Crippen LogP contribution in [0.5, 0.6) is 0 Å². The first kappa shape index (κ1) is 15.0. The lowest BCUT2D eigenvalue weighted by molar-refractivity contribution is 0.612. The summed E-state index contributed by atoms with van der Waals surface area (Å²) in [4.78, 5) is 14.6. The Morgan fingerprint density at radius 1 is 1.05 bits per heavy atom. The predicted molar refractivity (Wildman–Crippen MR) is 82.0 cm³/mol. The average molecular weight is 290 g/mol. The smallest absolute Gasteiger partial charge is 0.231 e. The first-order valence-electron chi connectivity index (χ1n) is 6.74. The molecule has 0 atom stereocenters. The van der Waals surface area contributed by atoms with Crippen LogP contribution in [-0.2, 0) is 6.54 Å². The Balaban J connectivity index is 2.17. The van der Waals surface area contributed by atoms with E-state index >= 15 is 0 Å². The molecule has 0 saturated carbocycles. The first-order valence-corrected chi connectivity index (χ1v) is 6.74. The van der Waals surface area contributed by atoms with Gasteiger partial charge >= 0.3 is 0 Å². The molecule has 0 aliphatic heterocycles. The van der Waals surface area contributed by atoms with Crippen molar-refractivity contribution in [3.8, 4) is 0 Å². The summed E-state index contributed by atoms with van der Waals surface area (Å²) in [5.41, 5.74) is 0.564. The summed E-state index contributed by atoms with van der Waals surface area (Å²) in [6.07, 6.45) is 0. The molecule has 0 aliphatic rings. The van der Waals surface area contributed by atoms with Crippen molar-refractivity contribution in [3.05, 3.63) is 35.6 Å². The average Bonchev–Trinajstić information content (AvgIpc) is 2.46. The molecule has 21 heavy (non-hydrogen) atoms. The highest BCUT2D eigenvalue weighted by atomic mass is 19.1. The van der Waals surface area contributed by atoms with Gasteiger partial charge in [-0.2, -0.15) is 15.0 Å². The van der Waals surface area contributed by atoms with E-state index < -0.39 is 0 Å². The molecule has 7 heteroatoms. The molecule has 2 rings (SSSR count). The molecule has 0 saturated heterocycles. The maximum absolute atomic E-state index is 13.6. The number of nitrogens with zero attached hydrogens (tertiary/aromatic N) is 4. The predicted octanol–water partition coefficient (Wildman–Crippen LogP) is 2.12. The van der Waals surface area contributed by atoms with Crippen LogP contribution in [0.3, 0.4) is 0 Å². The molecule has 0 spiro atoms. The van der Waals surface area contributed by atoms with Crippen LogP contribution in [0, 0.1) is 5.82 Å². The third-order valence-corrected chi connectivity index (χ3v) is 2.75. The first-order chi connectivity index (χ1) is 10.1. The van der Waals surface area contributed by atoms with E-state index in [1.807, 2.05) is 21.0 Å². The molecule has 0 bridgehead atoms. The van der Waals surface area contributed by atoms with Gasteiger partial charge in [-0.1, -0.05) is 18.2 Å². The molecular weight excluding hydrogens is 271 g/mol. The lowest BCUT2D eigenvalue weighted by atomic mass is 10.2. The van der Waals surface area contributed by atoms with Crippen LogP contribution < -0.4 is 15.5 Å². The Bertz CT molecular complexity index is 602. The van der Waals surface area contributed by atoms with Gasteiger partial charge in [0.2, 0.25) is 17.8 Å². The SMILES string of the molecule is CCNc1nc(NCc2ccccc2F)nc(N(C)C)n1. The van der Waals surface area contributed by atoms with Crippen molar-refractivity contribution < 1.29 is 4.39 Å². The molecular formula is C14H19FN6. The van der Waals surface area contributed by atoms with Crippen molar-refractivity contribution in [1.82, 2.24) is 15.0 Å². The highest BCUT2D eigenvalue weighted by molar-refractivity contribution is 5.43. The summed E-state index contributed by atoms with van der Waals surface area (Å²) in [6.45, 7) is 2.99. The zero-order chi connectivity index (χ0) is 15.2. The van der Waals surface area contributed by atoms with Gasteiger partial charge in [0.15, 0.2) is 0 Å². The monoisotopic (exact) mass is 290 g/mol. The summed E-state index contributed by atoms with van der Waals surface area (Å²) < 4.78 is 13.6. The Hall–Kier alpha value is -2.44. The van der Waals surface area contributed by atoms with Gasteiger partial charge in [-0.15, -0.1) is 0 Å². The minimum absolute atomic E-state index is 0.251. The number of anilines is 3. The summed E-state index contributed by atoms with van der Waals surface area (Å²) in [7, 11) is 3.71. The number of nitrogens with one attached hydrogen (secondary N) is 2. The lowest BCUT2D eigenvalue weighted by Crippen LogP contribution is -2.17. The molecule has 6 nitrogen and oxygen atoms in total. The number of hydrogen-bond acceptors (Lipinski definition) is 6. The van der Waals surface area contributed by atoms with Crippen molar-refractivity contribution in [1.29, 1.82) is 0 Å². The van der Waals surface area contributed by atoms with Crippen LogP contribution >= 0.6 is 0 Å². The van der Waals surface area contributed by atoms with Crippen LogP contribution in [-0.4, -0.2) is 35.6 Å². The Morgan fingerprint density at radius 2 is 1.71 bits per heavy atom. The van der Waals surface area contributed by atoms with Crippen LogP contribution in [0.2, 0.25) is 0 Å². The molecule has 1 heterocycles. The van der Waals surface area contributed by atoms with E-state index in [-0.39, 0.29) is 5.82 Å². The second-order valence-electron chi connectivity index (χ2n) is 4.65. The summed E-state index contributed by atoms with van der Waals surface area (Å²) in [5, 5.41) is 6.08. The minimum Gasteiger partial charge on any atom is -0.354 e. The number of rotatable bonds is 6. The van der Waals surface area contributed by atoms with E-state index in [1.165, 1.54) is 6.07 Å². The lowest BCUT2D eigenvalue weighted by Gasteiger charge is -2.14. The normalized spacial score (nSPS) is 10.3. The number of hydrogen-bond donors (Lipinski definition) is 2. The van der Waals surface area contributed by atoms with Crippen LogP contribution in [0.1, 0.15) is 12.5 Å². The fraction of sp³-hybridized carbons (Fsp3) is 0.357. The molecule has 0 aliphatic carbocycles. The van der Waals surface area contributed by atoms with E-state index in [0.717, 1.165) is 0 Å². The van der Waals surface area contributed by atoms with Gasteiger partial charge in [0.05, 0.1) is 0 Å². The van der Waals surface area contributed by atoms with Crippen molar-refractivity contribution in [3.63, 3.8) is 0 Å². The standard InChI is InChI=1S/C14H19FN6/c1-4-16-12-18-13(20-14(19-12)21(2)3)17-9-10-7-5-6-8-11(10)15/h5-8H,4,9H2,1-3H3,(H2,16,17,18,19,20).